The normalized spacial score (nSPS) is 22.5. The number of amides is 1. The van der Waals surface area contributed by atoms with E-state index in [4.69, 9.17) is 0 Å². The highest BCUT2D eigenvalue weighted by Gasteiger charge is 2.52. The average Bonchev–Trinajstić information content (AvgIpc) is 2.84. The van der Waals surface area contributed by atoms with Crippen LogP contribution in [-0.4, -0.2) is 61.5 Å². The van der Waals surface area contributed by atoms with Crippen LogP contribution in [0.3, 0.4) is 0 Å². The third-order valence-corrected chi connectivity index (χ3v) is 7.47. The van der Waals surface area contributed by atoms with Crippen molar-refractivity contribution in [1.82, 2.24) is 9.21 Å². The fraction of sp³-hybridized carbons (Fsp3) is 0.650. The summed E-state index contributed by atoms with van der Waals surface area (Å²) >= 11 is 0. The molecule has 0 bridgehead atoms. The van der Waals surface area contributed by atoms with E-state index < -0.39 is 15.8 Å². The van der Waals surface area contributed by atoms with Crippen LogP contribution >= 0.6 is 0 Å². The number of sulfonamides is 1. The fourth-order valence-corrected chi connectivity index (χ4v) is 6.27. The highest BCUT2D eigenvalue weighted by molar-refractivity contribution is 7.88. The highest BCUT2D eigenvalue weighted by atomic mass is 32.2. The summed E-state index contributed by atoms with van der Waals surface area (Å²) in [6.07, 6.45) is 3.82. The van der Waals surface area contributed by atoms with Gasteiger partial charge in [0.2, 0.25) is 15.9 Å². The van der Waals surface area contributed by atoms with E-state index in [9.17, 15) is 17.6 Å². The molecule has 0 saturated carbocycles. The molecular weight excluding hydrogens is 381 g/mol. The van der Waals surface area contributed by atoms with Crippen molar-refractivity contribution in [3.05, 3.63) is 29.6 Å². The van der Waals surface area contributed by atoms with Gasteiger partial charge < -0.3 is 5.32 Å². The average molecular weight is 412 g/mol. The summed E-state index contributed by atoms with van der Waals surface area (Å²) in [7, 11) is -3.24. The van der Waals surface area contributed by atoms with Crippen molar-refractivity contribution < 1.29 is 17.6 Å². The maximum Gasteiger partial charge on any atom is 0.238 e. The molecule has 0 radical (unpaired) electrons. The summed E-state index contributed by atoms with van der Waals surface area (Å²) in [4.78, 5) is 14.4. The Hall–Kier alpha value is -1.51. The van der Waals surface area contributed by atoms with E-state index in [2.05, 4.69) is 10.2 Å². The lowest BCUT2D eigenvalue weighted by Crippen LogP contribution is -2.45. The van der Waals surface area contributed by atoms with E-state index >= 15 is 0 Å². The molecule has 1 aromatic rings. The van der Waals surface area contributed by atoms with Crippen LogP contribution in [0.2, 0.25) is 0 Å². The maximum absolute atomic E-state index is 13.8. The van der Waals surface area contributed by atoms with E-state index in [1.54, 1.807) is 16.4 Å². The van der Waals surface area contributed by atoms with E-state index in [0.29, 0.717) is 6.54 Å². The van der Waals surface area contributed by atoms with Crippen LogP contribution in [-0.2, 0) is 14.8 Å². The largest absolute Gasteiger partial charge is 0.322 e. The number of carbonyl (C=O) groups excluding carboxylic acids is 1. The minimum Gasteiger partial charge on any atom is -0.322 e. The smallest absolute Gasteiger partial charge is 0.238 e. The molecule has 2 aliphatic heterocycles. The van der Waals surface area contributed by atoms with Crippen LogP contribution in [0.15, 0.2) is 18.2 Å². The molecule has 3 rings (SSSR count). The number of hydrogen-bond donors (Lipinski definition) is 1. The number of likely N-dealkylation sites (tertiary alicyclic amines) is 1. The summed E-state index contributed by atoms with van der Waals surface area (Å²) in [6.45, 7) is 8.05. The van der Waals surface area contributed by atoms with Gasteiger partial charge in [-0.15, -0.1) is 0 Å². The highest BCUT2D eigenvalue weighted by Crippen LogP contribution is 2.48. The van der Waals surface area contributed by atoms with Gasteiger partial charge in [0.05, 0.1) is 18.5 Å². The first-order chi connectivity index (χ1) is 12.9. The lowest BCUT2D eigenvalue weighted by Gasteiger charge is -2.39. The lowest BCUT2D eigenvalue weighted by molar-refractivity contribution is -0.117. The van der Waals surface area contributed by atoms with Gasteiger partial charge >= 0.3 is 0 Å². The summed E-state index contributed by atoms with van der Waals surface area (Å²) in [5.74, 6) is -0.671. The Labute approximate surface area is 167 Å². The summed E-state index contributed by atoms with van der Waals surface area (Å²) in [6, 6.07) is 4.64. The van der Waals surface area contributed by atoms with Crippen molar-refractivity contribution in [3.8, 4) is 0 Å². The molecule has 156 valence electrons. The number of piperidine rings is 1. The molecule has 2 aliphatic rings. The van der Waals surface area contributed by atoms with Crippen molar-refractivity contribution in [2.24, 2.45) is 5.41 Å². The maximum atomic E-state index is 13.8. The van der Waals surface area contributed by atoms with Crippen molar-refractivity contribution >= 4 is 21.6 Å². The Kier molecular flexibility index (Phi) is 5.59. The second-order valence-corrected chi connectivity index (χ2v) is 11.0. The van der Waals surface area contributed by atoms with Crippen LogP contribution in [0.5, 0.6) is 0 Å². The zero-order valence-electron chi connectivity index (χ0n) is 17.1. The molecule has 1 aromatic carbocycles. The molecule has 0 unspecified atom stereocenters. The third-order valence-electron chi connectivity index (χ3n) is 6.04. The van der Waals surface area contributed by atoms with Gasteiger partial charge in [-0.05, 0) is 76.2 Å². The number of rotatable bonds is 4. The van der Waals surface area contributed by atoms with Gasteiger partial charge in [-0.1, -0.05) is 6.07 Å². The number of anilines is 1. The van der Waals surface area contributed by atoms with Crippen LogP contribution in [0.25, 0.3) is 0 Å². The molecule has 0 aliphatic carbocycles. The molecule has 0 atom stereocenters. The molecule has 2 fully saturated rings. The number of nitrogens with zero attached hydrogens (tertiary/aromatic N) is 2. The Balaban J connectivity index is 1.57. The first kappa shape index (κ1) is 21.2. The van der Waals surface area contributed by atoms with Gasteiger partial charge in [-0.25, -0.2) is 12.8 Å². The molecule has 2 saturated heterocycles. The van der Waals surface area contributed by atoms with Crippen LogP contribution < -0.4 is 5.32 Å². The quantitative estimate of drug-likeness (QED) is 0.827. The molecule has 8 heteroatoms. The van der Waals surface area contributed by atoms with E-state index in [1.807, 2.05) is 20.8 Å². The molecule has 1 spiro atoms. The van der Waals surface area contributed by atoms with E-state index in [0.717, 1.165) is 37.9 Å². The molecular formula is C20H30FN3O3S. The standard InChI is InChI=1S/C20H30FN3O3S/c1-15-5-6-16(21)17(11-15)22-18(25)12-23-9-7-20(8-10-23)13-19(2,3)24(14-20)28(4,26)27/h5-6,11H,7-10,12-14H2,1-4H3,(H,22,25). The number of nitrogens with one attached hydrogen (secondary N) is 1. The van der Waals surface area contributed by atoms with Gasteiger partial charge in [0, 0.05) is 12.1 Å². The van der Waals surface area contributed by atoms with Gasteiger partial charge in [0.1, 0.15) is 5.82 Å². The Morgan fingerprint density at radius 3 is 2.46 bits per heavy atom. The molecule has 0 aromatic heterocycles. The van der Waals surface area contributed by atoms with Crippen molar-refractivity contribution in [2.45, 2.75) is 45.6 Å². The van der Waals surface area contributed by atoms with Crippen LogP contribution in [0.4, 0.5) is 10.1 Å². The number of hydrogen-bond acceptors (Lipinski definition) is 4. The van der Waals surface area contributed by atoms with Crippen LogP contribution in [0.1, 0.15) is 38.7 Å². The number of benzene rings is 1. The lowest BCUT2D eigenvalue weighted by atomic mass is 9.74. The first-order valence-corrected chi connectivity index (χ1v) is 11.5. The summed E-state index contributed by atoms with van der Waals surface area (Å²) in [5.41, 5.74) is 0.689. The van der Waals surface area contributed by atoms with Gasteiger partial charge in [-0.3, -0.25) is 9.69 Å². The second-order valence-electron chi connectivity index (χ2n) is 9.07. The third kappa shape index (κ3) is 4.55. The topological polar surface area (TPSA) is 69.7 Å². The van der Waals surface area contributed by atoms with Crippen molar-refractivity contribution in [2.75, 3.05) is 37.8 Å². The fourth-order valence-electron chi connectivity index (χ4n) is 4.79. The molecule has 1 N–H and O–H groups in total. The molecule has 28 heavy (non-hydrogen) atoms. The summed E-state index contributed by atoms with van der Waals surface area (Å²) in [5, 5.41) is 2.66. The Morgan fingerprint density at radius 2 is 1.89 bits per heavy atom. The number of halogens is 1. The van der Waals surface area contributed by atoms with Gasteiger partial charge in [0.15, 0.2) is 0 Å². The minimum atomic E-state index is -3.24. The number of aryl methyl sites for hydroxylation is 1. The molecule has 1 amide bonds. The zero-order chi connectivity index (χ0) is 20.7. The van der Waals surface area contributed by atoms with Crippen LogP contribution in [0, 0.1) is 18.2 Å². The first-order valence-electron chi connectivity index (χ1n) is 9.67. The molecule has 2 heterocycles. The van der Waals surface area contributed by atoms with Gasteiger partial charge in [0.25, 0.3) is 0 Å². The zero-order valence-corrected chi connectivity index (χ0v) is 17.9. The Bertz CT molecular complexity index is 861. The van der Waals surface area contributed by atoms with Crippen molar-refractivity contribution in [1.29, 1.82) is 0 Å². The van der Waals surface area contributed by atoms with Crippen molar-refractivity contribution in [3.63, 3.8) is 0 Å². The predicted octanol–water partition coefficient (Wildman–Crippen LogP) is 2.60. The molecule has 6 nitrogen and oxygen atoms in total. The SMILES string of the molecule is Cc1ccc(F)c(NC(=O)CN2CCC3(CC2)CN(S(C)(=O)=O)C(C)(C)C3)c1. The predicted molar refractivity (Wildman–Crippen MR) is 108 cm³/mol. The van der Waals surface area contributed by atoms with E-state index in [1.165, 1.54) is 12.3 Å². The number of carbonyl (C=O) groups is 1. The summed E-state index contributed by atoms with van der Waals surface area (Å²) < 4.78 is 39.7. The second kappa shape index (κ2) is 7.39. The van der Waals surface area contributed by atoms with E-state index in [-0.39, 0.29) is 29.1 Å². The Morgan fingerprint density at radius 1 is 1.25 bits per heavy atom. The minimum absolute atomic E-state index is 0.0256. The van der Waals surface area contributed by atoms with Gasteiger partial charge in [-0.2, -0.15) is 4.31 Å². The monoisotopic (exact) mass is 411 g/mol.